The molecule has 132 valence electrons. The number of nitrogens with zero attached hydrogens (tertiary/aromatic N) is 1. The molecule has 0 aliphatic carbocycles. The fraction of sp³-hybridized carbons (Fsp3) is 0.529. The zero-order valence-electron chi connectivity index (χ0n) is 14.3. The van der Waals surface area contributed by atoms with Crippen molar-refractivity contribution < 1.29 is 19.0 Å². The van der Waals surface area contributed by atoms with Gasteiger partial charge in [0.25, 0.3) is 0 Å². The van der Waals surface area contributed by atoms with Crippen molar-refractivity contribution in [3.63, 3.8) is 0 Å². The summed E-state index contributed by atoms with van der Waals surface area (Å²) in [5.74, 6) is 1.95. The maximum Gasteiger partial charge on any atom is 0.305 e. The Morgan fingerprint density at radius 2 is 2.08 bits per heavy atom. The summed E-state index contributed by atoms with van der Waals surface area (Å²) in [6, 6.07) is 5.70. The molecule has 0 bridgehead atoms. The number of fused-ring (bicyclic) bond motifs is 1. The molecule has 0 spiro atoms. The Morgan fingerprint density at radius 1 is 1.29 bits per heavy atom. The average molecular weight is 335 g/mol. The van der Waals surface area contributed by atoms with E-state index in [4.69, 9.17) is 14.2 Å². The zero-order valence-corrected chi connectivity index (χ0v) is 14.3. The van der Waals surface area contributed by atoms with Crippen LogP contribution in [0, 0.1) is 0 Å². The van der Waals surface area contributed by atoms with Crippen LogP contribution in [0.3, 0.4) is 0 Å². The number of carbonyl (C=O) groups is 1. The standard InChI is InChI=1S/C17H25N3O4/c1-3-22-16(21)6-4-9-19-17(18-2)20-13-7-8-14-15(12-13)24-11-5-10-23-14/h7-8,12H,3-6,9-11H2,1-2H3,(H2,18,19,20). The molecule has 1 heterocycles. The van der Waals surface area contributed by atoms with Gasteiger partial charge in [0.2, 0.25) is 0 Å². The third-order valence-electron chi connectivity index (χ3n) is 3.39. The van der Waals surface area contributed by atoms with Crippen LogP contribution in [0.5, 0.6) is 11.5 Å². The number of ether oxygens (including phenoxy) is 3. The normalized spacial score (nSPS) is 13.8. The predicted octanol–water partition coefficient (Wildman–Crippen LogP) is 2.18. The molecule has 0 saturated heterocycles. The number of carbonyl (C=O) groups excluding carboxylic acids is 1. The van der Waals surface area contributed by atoms with Crippen molar-refractivity contribution in [1.29, 1.82) is 0 Å². The van der Waals surface area contributed by atoms with Crippen LogP contribution in [-0.4, -0.2) is 45.3 Å². The molecule has 24 heavy (non-hydrogen) atoms. The van der Waals surface area contributed by atoms with Crippen LogP contribution in [0.1, 0.15) is 26.2 Å². The van der Waals surface area contributed by atoms with Gasteiger partial charge < -0.3 is 24.8 Å². The number of aliphatic imine (C=N–C) groups is 1. The topological polar surface area (TPSA) is 81.2 Å². The Kier molecular flexibility index (Phi) is 7.20. The Labute approximate surface area is 142 Å². The minimum Gasteiger partial charge on any atom is -0.490 e. The van der Waals surface area contributed by atoms with Crippen LogP contribution in [0.25, 0.3) is 0 Å². The lowest BCUT2D eigenvalue weighted by molar-refractivity contribution is -0.143. The van der Waals surface area contributed by atoms with Gasteiger partial charge in [-0.15, -0.1) is 0 Å². The molecule has 0 unspecified atom stereocenters. The number of hydrogen-bond acceptors (Lipinski definition) is 5. The van der Waals surface area contributed by atoms with Gasteiger partial charge in [0, 0.05) is 38.2 Å². The fourth-order valence-corrected chi connectivity index (χ4v) is 2.23. The third-order valence-corrected chi connectivity index (χ3v) is 3.39. The van der Waals surface area contributed by atoms with Crippen LogP contribution < -0.4 is 20.1 Å². The number of rotatable bonds is 6. The molecule has 0 aromatic heterocycles. The summed E-state index contributed by atoms with van der Waals surface area (Å²) in [7, 11) is 1.70. The second-order valence-electron chi connectivity index (χ2n) is 5.24. The molecule has 0 amide bonds. The molecular weight excluding hydrogens is 310 g/mol. The second kappa shape index (κ2) is 9.64. The number of hydrogen-bond donors (Lipinski definition) is 2. The SMILES string of the molecule is CCOC(=O)CCCNC(=NC)Nc1ccc2c(c1)OCCCO2. The Morgan fingerprint density at radius 3 is 2.83 bits per heavy atom. The van der Waals surface area contributed by atoms with Crippen molar-refractivity contribution in [3.05, 3.63) is 18.2 Å². The molecular formula is C17H25N3O4. The van der Waals surface area contributed by atoms with Gasteiger partial charge in [0.15, 0.2) is 17.5 Å². The molecule has 2 N–H and O–H groups in total. The van der Waals surface area contributed by atoms with E-state index in [1.165, 1.54) is 0 Å². The van der Waals surface area contributed by atoms with Crippen LogP contribution in [0.2, 0.25) is 0 Å². The van der Waals surface area contributed by atoms with E-state index in [1.807, 2.05) is 18.2 Å². The highest BCUT2D eigenvalue weighted by molar-refractivity contribution is 5.93. The van der Waals surface area contributed by atoms with Gasteiger partial charge >= 0.3 is 5.97 Å². The highest BCUT2D eigenvalue weighted by Crippen LogP contribution is 2.32. The Balaban J connectivity index is 1.82. The number of nitrogens with one attached hydrogen (secondary N) is 2. The van der Waals surface area contributed by atoms with E-state index in [2.05, 4.69) is 15.6 Å². The Bertz CT molecular complexity index is 575. The van der Waals surface area contributed by atoms with Crippen LogP contribution >= 0.6 is 0 Å². The second-order valence-corrected chi connectivity index (χ2v) is 5.24. The molecule has 0 radical (unpaired) electrons. The number of esters is 1. The van der Waals surface area contributed by atoms with E-state index < -0.39 is 0 Å². The molecule has 0 saturated carbocycles. The minimum atomic E-state index is -0.176. The minimum absolute atomic E-state index is 0.176. The summed E-state index contributed by atoms with van der Waals surface area (Å²) >= 11 is 0. The number of guanidine groups is 1. The van der Waals surface area contributed by atoms with Crippen molar-refractivity contribution in [2.24, 2.45) is 4.99 Å². The van der Waals surface area contributed by atoms with Gasteiger partial charge in [-0.2, -0.15) is 0 Å². The highest BCUT2D eigenvalue weighted by Gasteiger charge is 2.11. The van der Waals surface area contributed by atoms with E-state index in [0.717, 1.165) is 23.6 Å². The summed E-state index contributed by atoms with van der Waals surface area (Å²) in [5, 5.41) is 6.37. The third kappa shape index (κ3) is 5.64. The van der Waals surface area contributed by atoms with Gasteiger partial charge in [-0.25, -0.2) is 0 Å². The summed E-state index contributed by atoms with van der Waals surface area (Å²) in [6.45, 7) is 4.17. The molecule has 1 aromatic carbocycles. The Hall–Kier alpha value is -2.44. The fourth-order valence-electron chi connectivity index (χ4n) is 2.23. The monoisotopic (exact) mass is 335 g/mol. The summed E-state index contributed by atoms with van der Waals surface area (Å²) in [4.78, 5) is 15.5. The van der Waals surface area contributed by atoms with Gasteiger partial charge in [-0.05, 0) is 25.5 Å². The average Bonchev–Trinajstić information content (AvgIpc) is 2.82. The van der Waals surface area contributed by atoms with Gasteiger partial charge in [0.05, 0.1) is 19.8 Å². The quantitative estimate of drug-likeness (QED) is 0.359. The first kappa shape index (κ1) is 17.9. The lowest BCUT2D eigenvalue weighted by Gasteiger charge is -2.14. The summed E-state index contributed by atoms with van der Waals surface area (Å²) < 4.78 is 16.2. The van der Waals surface area contributed by atoms with E-state index in [-0.39, 0.29) is 5.97 Å². The molecule has 7 heteroatoms. The van der Waals surface area contributed by atoms with E-state index in [9.17, 15) is 4.79 Å². The first-order valence-electron chi connectivity index (χ1n) is 8.26. The lowest BCUT2D eigenvalue weighted by Crippen LogP contribution is -2.31. The highest BCUT2D eigenvalue weighted by atomic mass is 16.5. The first-order valence-corrected chi connectivity index (χ1v) is 8.26. The van der Waals surface area contributed by atoms with E-state index >= 15 is 0 Å². The van der Waals surface area contributed by atoms with Crippen molar-refractivity contribution in [2.45, 2.75) is 26.2 Å². The molecule has 1 aromatic rings. The number of anilines is 1. The smallest absolute Gasteiger partial charge is 0.305 e. The maximum absolute atomic E-state index is 11.3. The molecule has 0 fully saturated rings. The van der Waals surface area contributed by atoms with Crippen LogP contribution in [-0.2, 0) is 9.53 Å². The number of benzene rings is 1. The van der Waals surface area contributed by atoms with Crippen molar-refractivity contribution in [3.8, 4) is 11.5 Å². The predicted molar refractivity (Wildman–Crippen MR) is 92.9 cm³/mol. The first-order chi connectivity index (χ1) is 11.7. The maximum atomic E-state index is 11.3. The van der Waals surface area contributed by atoms with Gasteiger partial charge in [0.1, 0.15) is 0 Å². The van der Waals surface area contributed by atoms with E-state index in [1.54, 1.807) is 14.0 Å². The summed E-state index contributed by atoms with van der Waals surface area (Å²) in [6.07, 6.45) is 1.95. The van der Waals surface area contributed by atoms with Gasteiger partial charge in [-0.3, -0.25) is 9.79 Å². The molecule has 2 rings (SSSR count). The van der Waals surface area contributed by atoms with Crippen LogP contribution in [0.4, 0.5) is 5.69 Å². The van der Waals surface area contributed by atoms with Crippen LogP contribution in [0.15, 0.2) is 23.2 Å². The molecule has 1 aliphatic heterocycles. The lowest BCUT2D eigenvalue weighted by atomic mass is 10.2. The van der Waals surface area contributed by atoms with Crippen molar-refractivity contribution in [1.82, 2.24) is 5.32 Å². The summed E-state index contributed by atoms with van der Waals surface area (Å²) in [5.41, 5.74) is 0.859. The largest absolute Gasteiger partial charge is 0.490 e. The molecule has 7 nitrogen and oxygen atoms in total. The van der Waals surface area contributed by atoms with Gasteiger partial charge in [-0.1, -0.05) is 0 Å². The zero-order chi connectivity index (χ0) is 17.2. The van der Waals surface area contributed by atoms with Crippen molar-refractivity contribution >= 4 is 17.6 Å². The molecule has 0 atom stereocenters. The van der Waals surface area contributed by atoms with E-state index in [0.29, 0.717) is 45.2 Å². The molecule has 1 aliphatic rings. The van der Waals surface area contributed by atoms with Crippen molar-refractivity contribution in [2.75, 3.05) is 38.7 Å².